The SMILES string of the molecule is CCCCc1nc2c(s1)CCCC2CNC(C)(C)C. The second kappa shape index (κ2) is 6.36. The molecule has 1 aliphatic carbocycles. The monoisotopic (exact) mass is 280 g/mol. The second-order valence-electron chi connectivity index (χ2n) is 6.74. The van der Waals surface area contributed by atoms with Gasteiger partial charge in [0, 0.05) is 22.9 Å². The van der Waals surface area contributed by atoms with Crippen LogP contribution in [0.2, 0.25) is 0 Å². The molecule has 1 aliphatic rings. The summed E-state index contributed by atoms with van der Waals surface area (Å²) in [5, 5.41) is 5.02. The Morgan fingerprint density at radius 3 is 2.84 bits per heavy atom. The van der Waals surface area contributed by atoms with Crippen molar-refractivity contribution in [3.63, 3.8) is 0 Å². The highest BCUT2D eigenvalue weighted by atomic mass is 32.1. The van der Waals surface area contributed by atoms with Crippen LogP contribution in [0.15, 0.2) is 0 Å². The first-order chi connectivity index (χ1) is 8.99. The molecule has 1 heterocycles. The first-order valence-corrected chi connectivity index (χ1v) is 8.54. The minimum Gasteiger partial charge on any atom is -0.311 e. The predicted molar refractivity (Wildman–Crippen MR) is 84.2 cm³/mol. The van der Waals surface area contributed by atoms with Crippen LogP contribution in [0.4, 0.5) is 0 Å². The number of nitrogens with zero attached hydrogens (tertiary/aromatic N) is 1. The number of unbranched alkanes of at least 4 members (excludes halogenated alkanes) is 1. The molecule has 1 aromatic heterocycles. The molecular formula is C16H28N2S. The molecule has 0 bridgehead atoms. The summed E-state index contributed by atoms with van der Waals surface area (Å²) in [5.41, 5.74) is 1.62. The zero-order valence-corrected chi connectivity index (χ0v) is 13.7. The van der Waals surface area contributed by atoms with Crippen molar-refractivity contribution >= 4 is 11.3 Å². The lowest BCUT2D eigenvalue weighted by Crippen LogP contribution is -2.39. The maximum Gasteiger partial charge on any atom is 0.0931 e. The zero-order chi connectivity index (χ0) is 13.9. The third-order valence-electron chi connectivity index (χ3n) is 3.74. The number of rotatable bonds is 5. The molecule has 2 nitrogen and oxygen atoms in total. The van der Waals surface area contributed by atoms with Gasteiger partial charge in [-0.25, -0.2) is 4.98 Å². The first-order valence-electron chi connectivity index (χ1n) is 7.73. The number of thiazole rings is 1. The summed E-state index contributed by atoms with van der Waals surface area (Å²) in [7, 11) is 0. The Bertz CT molecular complexity index is 403. The standard InChI is InChI=1S/C16H28N2S/c1-5-6-10-14-18-15-12(11-17-16(2,3)4)8-7-9-13(15)19-14/h12,17H,5-11H2,1-4H3. The number of aromatic nitrogens is 1. The van der Waals surface area contributed by atoms with E-state index in [1.807, 2.05) is 11.3 Å². The van der Waals surface area contributed by atoms with Crippen molar-refractivity contribution in [2.45, 2.75) is 77.7 Å². The van der Waals surface area contributed by atoms with E-state index in [0.29, 0.717) is 5.92 Å². The Labute approximate surface area is 122 Å². The molecule has 1 N–H and O–H groups in total. The smallest absolute Gasteiger partial charge is 0.0931 e. The van der Waals surface area contributed by atoms with Gasteiger partial charge in [-0.3, -0.25) is 0 Å². The van der Waals surface area contributed by atoms with Crippen molar-refractivity contribution in [2.24, 2.45) is 0 Å². The topological polar surface area (TPSA) is 24.9 Å². The minimum absolute atomic E-state index is 0.207. The van der Waals surface area contributed by atoms with Crippen LogP contribution >= 0.6 is 11.3 Å². The van der Waals surface area contributed by atoms with E-state index in [1.54, 1.807) is 4.88 Å². The number of hydrogen-bond acceptors (Lipinski definition) is 3. The molecule has 1 unspecified atom stereocenters. The van der Waals surface area contributed by atoms with Crippen LogP contribution in [0, 0.1) is 0 Å². The highest BCUT2D eigenvalue weighted by molar-refractivity contribution is 7.11. The quantitative estimate of drug-likeness (QED) is 0.870. The van der Waals surface area contributed by atoms with Gasteiger partial charge in [0.05, 0.1) is 10.7 Å². The van der Waals surface area contributed by atoms with Crippen molar-refractivity contribution < 1.29 is 0 Å². The molecule has 19 heavy (non-hydrogen) atoms. The van der Waals surface area contributed by atoms with Crippen LogP contribution in [0.3, 0.4) is 0 Å². The molecular weight excluding hydrogens is 252 g/mol. The van der Waals surface area contributed by atoms with E-state index < -0.39 is 0 Å². The van der Waals surface area contributed by atoms with E-state index in [2.05, 4.69) is 33.0 Å². The van der Waals surface area contributed by atoms with Gasteiger partial charge >= 0.3 is 0 Å². The lowest BCUT2D eigenvalue weighted by molar-refractivity contribution is 0.388. The van der Waals surface area contributed by atoms with Gasteiger partial charge in [0.15, 0.2) is 0 Å². The lowest BCUT2D eigenvalue weighted by Gasteiger charge is -2.27. The average Bonchev–Trinajstić information content (AvgIpc) is 2.76. The van der Waals surface area contributed by atoms with E-state index in [9.17, 15) is 0 Å². The Morgan fingerprint density at radius 1 is 1.37 bits per heavy atom. The van der Waals surface area contributed by atoms with Crippen LogP contribution in [-0.2, 0) is 12.8 Å². The molecule has 0 fully saturated rings. The van der Waals surface area contributed by atoms with Gasteiger partial charge in [0.25, 0.3) is 0 Å². The lowest BCUT2D eigenvalue weighted by atomic mass is 9.90. The second-order valence-corrected chi connectivity index (χ2v) is 7.91. The molecule has 0 saturated heterocycles. The molecule has 0 radical (unpaired) electrons. The summed E-state index contributed by atoms with van der Waals surface area (Å²) >= 11 is 1.97. The Hall–Kier alpha value is -0.410. The molecule has 0 aliphatic heterocycles. The van der Waals surface area contributed by atoms with Gasteiger partial charge in [-0.2, -0.15) is 0 Å². The van der Waals surface area contributed by atoms with Crippen LogP contribution in [-0.4, -0.2) is 17.1 Å². The summed E-state index contributed by atoms with van der Waals surface area (Å²) in [6.07, 6.45) is 7.60. The normalized spacial score (nSPS) is 19.5. The fourth-order valence-electron chi connectivity index (χ4n) is 2.62. The summed E-state index contributed by atoms with van der Waals surface area (Å²) < 4.78 is 0. The Kier molecular flexibility index (Phi) is 5.02. The van der Waals surface area contributed by atoms with Crippen LogP contribution in [0.5, 0.6) is 0 Å². The molecule has 3 heteroatoms. The average molecular weight is 280 g/mol. The van der Waals surface area contributed by atoms with Crippen molar-refractivity contribution in [3.8, 4) is 0 Å². The van der Waals surface area contributed by atoms with Crippen molar-refractivity contribution in [2.75, 3.05) is 6.54 Å². The summed E-state index contributed by atoms with van der Waals surface area (Å²) in [6, 6.07) is 0. The van der Waals surface area contributed by atoms with Crippen LogP contribution in [0.25, 0.3) is 0 Å². The minimum atomic E-state index is 0.207. The van der Waals surface area contributed by atoms with Gasteiger partial charge in [0.1, 0.15) is 0 Å². The Balaban J connectivity index is 2.03. The van der Waals surface area contributed by atoms with Crippen LogP contribution < -0.4 is 5.32 Å². The molecule has 0 amide bonds. The van der Waals surface area contributed by atoms with Gasteiger partial charge < -0.3 is 5.32 Å². The van der Waals surface area contributed by atoms with E-state index in [-0.39, 0.29) is 5.54 Å². The Morgan fingerprint density at radius 2 is 2.16 bits per heavy atom. The largest absolute Gasteiger partial charge is 0.311 e. The van der Waals surface area contributed by atoms with Gasteiger partial charge in [-0.15, -0.1) is 11.3 Å². The first kappa shape index (κ1) is 15.0. The van der Waals surface area contributed by atoms with Gasteiger partial charge in [0.2, 0.25) is 0 Å². The third kappa shape index (κ3) is 4.28. The van der Waals surface area contributed by atoms with Gasteiger partial charge in [-0.1, -0.05) is 13.3 Å². The maximum atomic E-state index is 4.95. The number of fused-ring (bicyclic) bond motifs is 1. The highest BCUT2D eigenvalue weighted by Gasteiger charge is 2.25. The van der Waals surface area contributed by atoms with E-state index in [1.165, 1.54) is 49.2 Å². The molecule has 0 saturated carbocycles. The van der Waals surface area contributed by atoms with Crippen molar-refractivity contribution in [1.29, 1.82) is 0 Å². The molecule has 0 spiro atoms. The molecule has 0 aromatic carbocycles. The van der Waals surface area contributed by atoms with E-state index in [4.69, 9.17) is 4.98 Å². The fraction of sp³-hybridized carbons (Fsp3) is 0.812. The van der Waals surface area contributed by atoms with E-state index >= 15 is 0 Å². The third-order valence-corrected chi connectivity index (χ3v) is 4.93. The number of aryl methyl sites for hydroxylation is 2. The van der Waals surface area contributed by atoms with Gasteiger partial charge in [-0.05, 0) is 52.9 Å². The fourth-order valence-corrected chi connectivity index (χ4v) is 3.86. The zero-order valence-electron chi connectivity index (χ0n) is 12.9. The number of hydrogen-bond donors (Lipinski definition) is 1. The molecule has 2 rings (SSSR count). The van der Waals surface area contributed by atoms with E-state index in [0.717, 1.165) is 6.54 Å². The maximum absolute atomic E-state index is 4.95. The summed E-state index contributed by atoms with van der Waals surface area (Å²) in [5.74, 6) is 0.634. The summed E-state index contributed by atoms with van der Waals surface area (Å²) in [4.78, 5) is 6.52. The molecule has 1 aromatic rings. The predicted octanol–water partition coefficient (Wildman–Crippen LogP) is 4.29. The van der Waals surface area contributed by atoms with Crippen LogP contribution in [0.1, 0.15) is 74.9 Å². The van der Waals surface area contributed by atoms with Crippen molar-refractivity contribution in [1.82, 2.24) is 10.3 Å². The van der Waals surface area contributed by atoms with Crippen molar-refractivity contribution in [3.05, 3.63) is 15.6 Å². The highest BCUT2D eigenvalue weighted by Crippen LogP contribution is 2.35. The molecule has 1 atom stereocenters. The summed E-state index contributed by atoms with van der Waals surface area (Å²) in [6.45, 7) is 10.1. The number of nitrogens with one attached hydrogen (secondary N) is 1. The molecule has 108 valence electrons.